The molecule has 0 saturated carbocycles. The standard InChI is InChI=1S/C56H38S2/c1-3-36-18-8-9-19-37(36)35(2)38-20-6-4-5-7-21-41(40-23-11-10-22-39(38)40)44-30-31-45(43-25-13-12-24-42(43)44)50-34-51-47(54-49-27-15-17-29-53(49)58-56(50)54)32-33-48-46-26-14-16-28-52(46)57-55(48)51/h3,6-34H,1-2,4-5H2/b20-6+,21-7+,39-38+,41-40+. The van der Waals surface area contributed by atoms with Gasteiger partial charge >= 0.3 is 0 Å². The Morgan fingerprint density at radius 3 is 1.90 bits per heavy atom. The van der Waals surface area contributed by atoms with Gasteiger partial charge in [-0.15, -0.1) is 22.7 Å². The Balaban J connectivity index is 1.22. The maximum absolute atomic E-state index is 4.71. The molecule has 0 fully saturated rings. The predicted octanol–water partition coefficient (Wildman–Crippen LogP) is 15.0. The molecule has 8 aromatic carbocycles. The van der Waals surface area contributed by atoms with E-state index in [0.717, 1.165) is 35.1 Å². The molecule has 0 N–H and O–H groups in total. The number of hydrogen-bond donors (Lipinski definition) is 0. The van der Waals surface area contributed by atoms with E-state index in [9.17, 15) is 0 Å². The maximum atomic E-state index is 4.71. The van der Waals surface area contributed by atoms with Gasteiger partial charge < -0.3 is 0 Å². The topological polar surface area (TPSA) is 0 Å². The van der Waals surface area contributed by atoms with E-state index in [1.807, 2.05) is 28.7 Å². The molecular formula is C56H38S2. The fourth-order valence-corrected chi connectivity index (χ4v) is 11.6. The first-order valence-corrected chi connectivity index (χ1v) is 21.6. The van der Waals surface area contributed by atoms with Crippen molar-refractivity contribution in [1.82, 2.24) is 0 Å². The summed E-state index contributed by atoms with van der Waals surface area (Å²) < 4.78 is 5.35. The number of benzene rings is 8. The van der Waals surface area contributed by atoms with Gasteiger partial charge in [-0.05, 0) is 96.6 Å². The van der Waals surface area contributed by atoms with Crippen LogP contribution in [-0.4, -0.2) is 0 Å². The zero-order valence-electron chi connectivity index (χ0n) is 32.0. The molecule has 58 heavy (non-hydrogen) atoms. The van der Waals surface area contributed by atoms with Crippen molar-refractivity contribution in [2.75, 3.05) is 0 Å². The molecule has 2 aromatic heterocycles. The highest BCUT2D eigenvalue weighted by molar-refractivity contribution is 7.27. The third kappa shape index (κ3) is 5.48. The smallest absolute Gasteiger partial charge is 0.0440 e. The van der Waals surface area contributed by atoms with Gasteiger partial charge in [0.05, 0.1) is 0 Å². The van der Waals surface area contributed by atoms with Crippen LogP contribution in [0.4, 0.5) is 0 Å². The molecule has 0 unspecified atom stereocenters. The van der Waals surface area contributed by atoms with Gasteiger partial charge in [-0.25, -0.2) is 0 Å². The normalized spacial score (nSPS) is 16.3. The lowest BCUT2D eigenvalue weighted by Crippen LogP contribution is -2.29. The number of allylic oxidation sites excluding steroid dienone is 5. The van der Waals surface area contributed by atoms with E-state index >= 15 is 0 Å². The number of fused-ring (bicyclic) bond motifs is 11. The second-order valence-electron chi connectivity index (χ2n) is 15.1. The maximum Gasteiger partial charge on any atom is 0.0440 e. The summed E-state index contributed by atoms with van der Waals surface area (Å²) in [6, 6.07) is 56.0. The summed E-state index contributed by atoms with van der Waals surface area (Å²) in [4.78, 5) is 0. The van der Waals surface area contributed by atoms with E-state index in [0.29, 0.717) is 0 Å². The van der Waals surface area contributed by atoms with Gasteiger partial charge in [0.25, 0.3) is 0 Å². The summed E-state index contributed by atoms with van der Waals surface area (Å²) in [6.07, 6.45) is 13.1. The van der Waals surface area contributed by atoms with Crippen LogP contribution in [0.5, 0.6) is 0 Å². The van der Waals surface area contributed by atoms with Crippen LogP contribution < -0.4 is 10.4 Å². The third-order valence-corrected chi connectivity index (χ3v) is 14.3. The first-order valence-electron chi connectivity index (χ1n) is 20.0. The van der Waals surface area contributed by atoms with Crippen molar-refractivity contribution in [3.63, 3.8) is 0 Å². The number of rotatable bonds is 5. The number of thiophene rings is 2. The van der Waals surface area contributed by atoms with Gasteiger partial charge in [0.2, 0.25) is 0 Å². The minimum Gasteiger partial charge on any atom is -0.135 e. The summed E-state index contributed by atoms with van der Waals surface area (Å²) in [5.74, 6) is 0. The van der Waals surface area contributed by atoms with Gasteiger partial charge in [0.15, 0.2) is 0 Å². The van der Waals surface area contributed by atoms with E-state index < -0.39 is 0 Å². The lowest BCUT2D eigenvalue weighted by molar-refractivity contribution is 1.05. The van der Waals surface area contributed by atoms with Crippen molar-refractivity contribution < 1.29 is 0 Å². The largest absolute Gasteiger partial charge is 0.135 e. The Morgan fingerprint density at radius 1 is 0.483 bits per heavy atom. The third-order valence-electron chi connectivity index (χ3n) is 11.9. The molecule has 10 aromatic rings. The SMILES string of the molecule is C=Cc1ccccc1C(=C)C1=c2\cccc\c2=C(c2ccc(-c3cc4c(ccc5c6ccccc6sc54)c4c3sc3ccccc34)c3ccccc23)\C=C\CC\C=C\1. The highest BCUT2D eigenvalue weighted by Crippen LogP contribution is 2.49. The van der Waals surface area contributed by atoms with Crippen LogP contribution in [0.15, 0.2) is 189 Å². The number of hydrogen-bond acceptors (Lipinski definition) is 2. The molecule has 0 nitrogen and oxygen atoms in total. The van der Waals surface area contributed by atoms with Crippen LogP contribution in [0.1, 0.15) is 29.5 Å². The zero-order chi connectivity index (χ0) is 38.7. The van der Waals surface area contributed by atoms with Gasteiger partial charge in [-0.2, -0.15) is 0 Å². The zero-order valence-corrected chi connectivity index (χ0v) is 33.6. The summed E-state index contributed by atoms with van der Waals surface area (Å²) in [5.41, 5.74) is 9.32. The summed E-state index contributed by atoms with van der Waals surface area (Å²) in [6.45, 7) is 8.83. The molecule has 274 valence electrons. The van der Waals surface area contributed by atoms with Gasteiger partial charge in [-0.1, -0.05) is 177 Å². The molecule has 0 amide bonds. The lowest BCUT2D eigenvalue weighted by Gasteiger charge is -2.16. The van der Waals surface area contributed by atoms with Crippen LogP contribution in [0.3, 0.4) is 0 Å². The van der Waals surface area contributed by atoms with Crippen LogP contribution in [-0.2, 0) is 0 Å². The second-order valence-corrected chi connectivity index (χ2v) is 17.2. The van der Waals surface area contributed by atoms with Crippen molar-refractivity contribution >= 4 is 107 Å². The van der Waals surface area contributed by atoms with E-state index in [4.69, 9.17) is 6.58 Å². The van der Waals surface area contributed by atoms with Crippen LogP contribution in [0.25, 0.3) is 95.8 Å². The van der Waals surface area contributed by atoms with Crippen molar-refractivity contribution in [3.8, 4) is 11.1 Å². The molecule has 2 heteroatoms. The molecule has 0 spiro atoms. The fraction of sp³-hybridized carbons (Fsp3) is 0.0357. The van der Waals surface area contributed by atoms with Crippen molar-refractivity contribution in [3.05, 3.63) is 216 Å². The van der Waals surface area contributed by atoms with E-state index in [2.05, 4.69) is 183 Å². The van der Waals surface area contributed by atoms with E-state index in [1.54, 1.807) is 0 Å². The van der Waals surface area contributed by atoms with Crippen LogP contribution in [0.2, 0.25) is 0 Å². The van der Waals surface area contributed by atoms with Crippen molar-refractivity contribution in [2.24, 2.45) is 0 Å². The Morgan fingerprint density at radius 2 is 1.09 bits per heavy atom. The first-order chi connectivity index (χ1) is 28.7. The molecule has 0 radical (unpaired) electrons. The van der Waals surface area contributed by atoms with Gasteiger partial charge in [-0.3, -0.25) is 0 Å². The molecule has 0 saturated heterocycles. The summed E-state index contributed by atoms with van der Waals surface area (Å²) in [5, 5.41) is 12.9. The average Bonchev–Trinajstić information content (AvgIpc) is 3.87. The molecule has 2 heterocycles. The van der Waals surface area contributed by atoms with Crippen molar-refractivity contribution in [2.45, 2.75) is 12.8 Å². The van der Waals surface area contributed by atoms with E-state index in [-0.39, 0.29) is 0 Å². The Kier molecular flexibility index (Phi) is 8.43. The van der Waals surface area contributed by atoms with Crippen LogP contribution >= 0.6 is 22.7 Å². The Labute approximate surface area is 345 Å². The lowest BCUT2D eigenvalue weighted by atomic mass is 9.88. The fourth-order valence-electron chi connectivity index (χ4n) is 9.17. The minimum atomic E-state index is 0.950. The molecule has 0 bridgehead atoms. The second kappa shape index (κ2) is 14.1. The Bertz CT molecular complexity index is 3550. The average molecular weight is 775 g/mol. The van der Waals surface area contributed by atoms with Crippen LogP contribution in [0, 0.1) is 0 Å². The monoisotopic (exact) mass is 774 g/mol. The van der Waals surface area contributed by atoms with Gasteiger partial charge in [0.1, 0.15) is 0 Å². The molecule has 0 aliphatic heterocycles. The minimum absolute atomic E-state index is 0.950. The first kappa shape index (κ1) is 34.7. The molecular weight excluding hydrogens is 737 g/mol. The quantitative estimate of drug-likeness (QED) is 0.163. The highest BCUT2D eigenvalue weighted by atomic mass is 32.1. The molecule has 1 aliphatic rings. The predicted molar refractivity (Wildman–Crippen MR) is 257 cm³/mol. The molecule has 0 atom stereocenters. The van der Waals surface area contributed by atoms with Crippen molar-refractivity contribution in [1.29, 1.82) is 0 Å². The highest BCUT2D eigenvalue weighted by Gasteiger charge is 2.20. The summed E-state index contributed by atoms with van der Waals surface area (Å²) in [7, 11) is 0. The van der Waals surface area contributed by atoms with E-state index in [1.165, 1.54) is 94.6 Å². The van der Waals surface area contributed by atoms with Gasteiger partial charge in [0, 0.05) is 51.3 Å². The summed E-state index contributed by atoms with van der Waals surface area (Å²) >= 11 is 3.83. The Hall–Kier alpha value is -6.58. The molecule has 11 rings (SSSR count). The molecule has 1 aliphatic carbocycles.